The summed E-state index contributed by atoms with van der Waals surface area (Å²) in [6.45, 7) is 25.2. The number of hydrogen-bond acceptors (Lipinski definition) is 2. The van der Waals surface area contributed by atoms with Gasteiger partial charge in [-0.05, 0) is 74.1 Å². The summed E-state index contributed by atoms with van der Waals surface area (Å²) in [4.78, 5) is 4.89. The number of quaternary nitrogens is 2. The van der Waals surface area contributed by atoms with Gasteiger partial charge in [0.2, 0.25) is 11.4 Å². The molecule has 0 spiro atoms. The van der Waals surface area contributed by atoms with Crippen molar-refractivity contribution in [1.29, 1.82) is 0 Å². The molecule has 0 radical (unpaired) electrons. The number of rotatable bonds is 8. The molecule has 1 unspecified atom stereocenters. The van der Waals surface area contributed by atoms with E-state index in [1.54, 1.807) is 0 Å². The maximum atomic E-state index is 6.91. The van der Waals surface area contributed by atoms with Crippen LogP contribution in [0, 0.1) is 18.8 Å². The fourth-order valence-corrected chi connectivity index (χ4v) is 9.68. The Morgan fingerprint density at radius 2 is 1.27 bits per heavy atom. The standard InChI is InChI=1S/C56H55N4O.Pt/c1-36(2)45-20-16-21-46(37(3)4)54(45)38-17-15-18-41(29-38)59-35-60(59,52-24-14-13-23-51(52)59)42-30-40(56(8,9)10)31-44(33-42)61-43-25-26-48-47-19-11-12-22-49(47)58(50(48)34-43)53-32-39(27-28-57-53)55(5,6)7;/h11-32,35-37H,1-10H3;/q-1;/t59?,60-;/m1./s1. The minimum atomic E-state index is -0.145. The maximum absolute atomic E-state index is 6.91. The van der Waals surface area contributed by atoms with Gasteiger partial charge in [-0.15, -0.1) is 35.2 Å². The minimum absolute atomic E-state index is 0. The van der Waals surface area contributed by atoms with Crippen molar-refractivity contribution in [3.8, 4) is 28.4 Å². The summed E-state index contributed by atoms with van der Waals surface area (Å²) in [6.07, 6.45) is 1.92. The van der Waals surface area contributed by atoms with E-state index < -0.39 is 0 Å². The molecular formula is C56H55N4OPt-. The number of fused-ring (bicyclic) bond motifs is 7. The van der Waals surface area contributed by atoms with Gasteiger partial charge in [0.15, 0.2) is 12.4 Å². The Hall–Kier alpha value is -5.32. The van der Waals surface area contributed by atoms with E-state index >= 15 is 0 Å². The molecule has 316 valence electrons. The van der Waals surface area contributed by atoms with Gasteiger partial charge in [-0.1, -0.05) is 141 Å². The zero-order valence-corrected chi connectivity index (χ0v) is 39.7. The Morgan fingerprint density at radius 3 is 1.97 bits per heavy atom. The van der Waals surface area contributed by atoms with Gasteiger partial charge in [-0.25, -0.2) is 9.58 Å². The van der Waals surface area contributed by atoms with Crippen LogP contribution in [0.15, 0.2) is 134 Å². The van der Waals surface area contributed by atoms with Crippen LogP contribution in [0.25, 0.3) is 38.8 Å². The molecule has 2 atom stereocenters. The first-order valence-electron chi connectivity index (χ1n) is 21.8. The largest absolute Gasteiger partial charge is 0.509 e. The molecule has 1 fully saturated rings. The van der Waals surface area contributed by atoms with E-state index in [2.05, 4.69) is 214 Å². The molecule has 62 heavy (non-hydrogen) atoms. The van der Waals surface area contributed by atoms with Crippen molar-refractivity contribution < 1.29 is 25.8 Å². The smallest absolute Gasteiger partial charge is 0.225 e. The molecule has 0 amide bonds. The molecule has 0 saturated carbocycles. The number of nitrogens with zero attached hydrogens (tertiary/aromatic N) is 4. The van der Waals surface area contributed by atoms with E-state index in [-0.39, 0.29) is 31.9 Å². The molecule has 2 aliphatic rings. The van der Waals surface area contributed by atoms with Crippen molar-refractivity contribution in [2.75, 3.05) is 0 Å². The average Bonchev–Trinajstić information content (AvgIpc) is 3.73. The molecular weight excluding hydrogens is 940 g/mol. The van der Waals surface area contributed by atoms with Crippen molar-refractivity contribution in [2.45, 2.75) is 91.9 Å². The number of pyridine rings is 1. The predicted octanol–water partition coefficient (Wildman–Crippen LogP) is 15.4. The Morgan fingerprint density at radius 1 is 0.613 bits per heavy atom. The zero-order chi connectivity index (χ0) is 42.6. The Labute approximate surface area is 382 Å². The average molecular weight is 995 g/mol. The molecule has 0 aliphatic carbocycles. The number of aromatic nitrogens is 2. The van der Waals surface area contributed by atoms with Gasteiger partial charge in [-0.3, -0.25) is 0 Å². The van der Waals surface area contributed by atoms with Crippen LogP contribution in [-0.4, -0.2) is 9.55 Å². The van der Waals surface area contributed by atoms with Crippen LogP contribution < -0.4 is 13.9 Å². The molecule has 6 heteroatoms. The van der Waals surface area contributed by atoms with Crippen LogP contribution in [0.2, 0.25) is 0 Å². The van der Waals surface area contributed by atoms with Gasteiger partial charge >= 0.3 is 0 Å². The summed E-state index contributed by atoms with van der Waals surface area (Å²) in [5.41, 5.74) is 14.5. The molecule has 4 heterocycles. The van der Waals surface area contributed by atoms with E-state index in [1.807, 2.05) is 12.3 Å². The summed E-state index contributed by atoms with van der Waals surface area (Å²) < 4.78 is 10.3. The minimum Gasteiger partial charge on any atom is -0.509 e. The SMILES string of the molecule is CC(C)c1cccc(C(C)C)c1-c1cccc([N+]23[CH-][N@@+]2(c2[c-]c(Oc4[c-]c5c(cc4)c4ccccc4n5-c4cc(C(C)(C)C)ccn4)cc(C(C)(C)C)c2)c2ccccc23)c1.[Pt]. The van der Waals surface area contributed by atoms with Gasteiger partial charge < -0.3 is 9.30 Å². The molecule has 5 nitrogen and oxygen atoms in total. The molecule has 6 aromatic carbocycles. The quantitative estimate of drug-likeness (QED) is 0.0862. The molecule has 8 aromatic rings. The van der Waals surface area contributed by atoms with E-state index in [0.717, 1.165) is 33.3 Å². The summed E-state index contributed by atoms with van der Waals surface area (Å²) in [7, 11) is 0. The first kappa shape index (κ1) is 42.0. The third-order valence-electron chi connectivity index (χ3n) is 13.0. The van der Waals surface area contributed by atoms with Crippen LogP contribution in [0.3, 0.4) is 0 Å². The monoisotopic (exact) mass is 994 g/mol. The summed E-state index contributed by atoms with van der Waals surface area (Å²) in [6, 6.07) is 54.0. The third-order valence-corrected chi connectivity index (χ3v) is 13.0. The van der Waals surface area contributed by atoms with Crippen LogP contribution in [0.1, 0.15) is 103 Å². The van der Waals surface area contributed by atoms with E-state index in [0.29, 0.717) is 32.5 Å². The second-order valence-electron chi connectivity index (χ2n) is 19.7. The molecule has 0 N–H and O–H groups in total. The van der Waals surface area contributed by atoms with Crippen molar-refractivity contribution in [3.63, 3.8) is 0 Å². The van der Waals surface area contributed by atoms with Crippen LogP contribution >= 0.6 is 0 Å². The second kappa shape index (κ2) is 14.9. The van der Waals surface area contributed by atoms with Crippen molar-refractivity contribution in [2.24, 2.45) is 0 Å². The molecule has 1 saturated heterocycles. The Kier molecular flexibility index (Phi) is 10.1. The van der Waals surface area contributed by atoms with Gasteiger partial charge in [0.25, 0.3) is 0 Å². The van der Waals surface area contributed by atoms with Crippen molar-refractivity contribution in [3.05, 3.63) is 175 Å². The number of ether oxygens (including phenoxy) is 1. The van der Waals surface area contributed by atoms with Crippen molar-refractivity contribution in [1.82, 2.24) is 18.7 Å². The number of para-hydroxylation sites is 3. The first-order chi connectivity index (χ1) is 29.1. The first-order valence-corrected chi connectivity index (χ1v) is 21.8. The van der Waals surface area contributed by atoms with E-state index in [1.165, 1.54) is 50.4 Å². The summed E-state index contributed by atoms with van der Waals surface area (Å²) in [5.74, 6) is 2.98. The van der Waals surface area contributed by atoms with Crippen LogP contribution in [0.5, 0.6) is 11.5 Å². The van der Waals surface area contributed by atoms with Crippen molar-refractivity contribution >= 4 is 44.6 Å². The van der Waals surface area contributed by atoms with Gasteiger partial charge in [-0.2, -0.15) is 10.7 Å². The number of hydrogen-bond donors (Lipinski definition) is 0. The van der Waals surface area contributed by atoms with Gasteiger partial charge in [0.05, 0.1) is 5.69 Å². The molecule has 0 bridgehead atoms. The maximum Gasteiger partial charge on any atom is 0.225 e. The zero-order valence-electron chi connectivity index (χ0n) is 37.4. The topological polar surface area (TPSA) is 27.1 Å². The normalized spacial score (nSPS) is 18.1. The fourth-order valence-electron chi connectivity index (χ4n) is 9.68. The van der Waals surface area contributed by atoms with Gasteiger partial charge in [0.1, 0.15) is 5.82 Å². The van der Waals surface area contributed by atoms with Gasteiger partial charge in [0, 0.05) is 68.5 Å². The predicted molar refractivity (Wildman–Crippen MR) is 254 cm³/mol. The third kappa shape index (κ3) is 6.42. The molecule has 10 rings (SSSR count). The fraction of sp³-hybridized carbons (Fsp3) is 0.250. The van der Waals surface area contributed by atoms with E-state index in [4.69, 9.17) is 9.72 Å². The second-order valence-corrected chi connectivity index (χ2v) is 19.7. The van der Waals surface area contributed by atoms with Crippen LogP contribution in [-0.2, 0) is 31.9 Å². The summed E-state index contributed by atoms with van der Waals surface area (Å²) in [5, 5.41) is 2.26. The summed E-state index contributed by atoms with van der Waals surface area (Å²) >= 11 is 0. The van der Waals surface area contributed by atoms with Crippen LogP contribution in [0.4, 0.5) is 22.7 Å². The Bertz CT molecular complexity index is 3010. The molecule has 2 aromatic heterocycles. The number of benzene rings is 6. The Balaban J connectivity index is 0.00000490. The van der Waals surface area contributed by atoms with E-state index in [9.17, 15) is 0 Å². The molecule has 2 aliphatic heterocycles.